The van der Waals surface area contributed by atoms with Gasteiger partial charge in [-0.3, -0.25) is 0 Å². The molecule has 0 saturated carbocycles. The number of methoxy groups -OCH3 is 1. The molecular formula is C16H13FN2O2. The number of anilines is 1. The molecule has 5 heteroatoms. The molecular weight excluding hydrogens is 271 g/mol. The van der Waals surface area contributed by atoms with E-state index in [9.17, 15) is 4.39 Å². The molecule has 2 N–H and O–H groups in total. The smallest absolute Gasteiger partial charge is 0.230 e. The average molecular weight is 284 g/mol. The molecule has 0 fully saturated rings. The van der Waals surface area contributed by atoms with Crippen molar-refractivity contribution in [3.8, 4) is 28.1 Å². The van der Waals surface area contributed by atoms with Crippen LogP contribution < -0.4 is 10.5 Å². The van der Waals surface area contributed by atoms with Crippen LogP contribution in [0.2, 0.25) is 0 Å². The maximum Gasteiger partial charge on any atom is 0.230 e. The zero-order valence-corrected chi connectivity index (χ0v) is 11.3. The number of para-hydroxylation sites is 1. The fourth-order valence-electron chi connectivity index (χ4n) is 2.25. The molecule has 0 amide bonds. The lowest BCUT2D eigenvalue weighted by atomic mass is 10.00. The highest BCUT2D eigenvalue weighted by Crippen LogP contribution is 2.40. The Hall–Kier alpha value is -2.82. The molecule has 0 atom stereocenters. The number of nitrogens with zero attached hydrogens (tertiary/aromatic N) is 1. The molecule has 0 radical (unpaired) electrons. The van der Waals surface area contributed by atoms with Gasteiger partial charge in [-0.1, -0.05) is 35.5 Å². The first-order valence-corrected chi connectivity index (χ1v) is 6.36. The first-order chi connectivity index (χ1) is 10.2. The number of hydrogen-bond acceptors (Lipinski definition) is 4. The number of aromatic nitrogens is 1. The van der Waals surface area contributed by atoms with E-state index < -0.39 is 0 Å². The summed E-state index contributed by atoms with van der Waals surface area (Å²) in [5, 5.41) is 3.97. The van der Waals surface area contributed by atoms with Crippen molar-refractivity contribution in [2.24, 2.45) is 0 Å². The Bertz CT molecular complexity index is 783. The van der Waals surface area contributed by atoms with E-state index in [4.69, 9.17) is 15.0 Å². The second-order valence-electron chi connectivity index (χ2n) is 4.45. The van der Waals surface area contributed by atoms with Gasteiger partial charge in [0.25, 0.3) is 0 Å². The van der Waals surface area contributed by atoms with Crippen LogP contribution in [0, 0.1) is 5.82 Å². The predicted octanol–water partition coefficient (Wildman–Crippen LogP) is 3.74. The second-order valence-corrected chi connectivity index (χ2v) is 4.45. The topological polar surface area (TPSA) is 61.3 Å². The molecule has 106 valence electrons. The third-order valence-corrected chi connectivity index (χ3v) is 3.22. The minimum absolute atomic E-state index is 0.0704. The number of ether oxygens (including phenoxy) is 1. The molecule has 21 heavy (non-hydrogen) atoms. The largest absolute Gasteiger partial charge is 0.496 e. The Morgan fingerprint density at radius 1 is 1.05 bits per heavy atom. The number of nitrogen functional groups attached to an aromatic ring is 1. The Kier molecular flexibility index (Phi) is 3.31. The van der Waals surface area contributed by atoms with E-state index in [0.717, 1.165) is 0 Å². The number of nitrogens with two attached hydrogens (primary N) is 1. The lowest BCUT2D eigenvalue weighted by Gasteiger charge is -2.08. The quantitative estimate of drug-likeness (QED) is 0.796. The van der Waals surface area contributed by atoms with Crippen molar-refractivity contribution in [1.29, 1.82) is 0 Å². The molecule has 0 spiro atoms. The molecule has 1 aromatic heterocycles. The Morgan fingerprint density at radius 3 is 2.43 bits per heavy atom. The van der Waals surface area contributed by atoms with Gasteiger partial charge in [-0.15, -0.1) is 0 Å². The molecule has 3 aromatic rings. The van der Waals surface area contributed by atoms with Crippen LogP contribution in [-0.2, 0) is 0 Å². The number of rotatable bonds is 3. The van der Waals surface area contributed by atoms with Gasteiger partial charge in [0.05, 0.1) is 12.7 Å². The summed E-state index contributed by atoms with van der Waals surface area (Å²) >= 11 is 0. The van der Waals surface area contributed by atoms with Crippen molar-refractivity contribution < 1.29 is 13.7 Å². The molecule has 1 heterocycles. The van der Waals surface area contributed by atoms with Crippen LogP contribution in [0.3, 0.4) is 0 Å². The highest BCUT2D eigenvalue weighted by molar-refractivity contribution is 5.88. The first kappa shape index (κ1) is 13.2. The summed E-state index contributed by atoms with van der Waals surface area (Å²) in [6.45, 7) is 0. The third-order valence-electron chi connectivity index (χ3n) is 3.22. The summed E-state index contributed by atoms with van der Waals surface area (Å²) in [6, 6.07) is 13.7. The Morgan fingerprint density at radius 2 is 1.71 bits per heavy atom. The summed E-state index contributed by atoms with van der Waals surface area (Å²) in [5.74, 6) is 0.299. The molecule has 3 rings (SSSR count). The molecule has 0 unspecified atom stereocenters. The van der Waals surface area contributed by atoms with E-state index in [1.165, 1.54) is 6.07 Å². The van der Waals surface area contributed by atoms with Crippen LogP contribution in [0.1, 0.15) is 0 Å². The molecule has 0 saturated heterocycles. The van der Waals surface area contributed by atoms with Gasteiger partial charge in [-0.2, -0.15) is 0 Å². The van der Waals surface area contributed by atoms with E-state index in [1.807, 2.05) is 18.2 Å². The summed E-state index contributed by atoms with van der Waals surface area (Å²) in [7, 11) is 1.56. The molecule has 0 bridgehead atoms. The van der Waals surface area contributed by atoms with Crippen LogP contribution in [0.15, 0.2) is 53.1 Å². The zero-order valence-electron chi connectivity index (χ0n) is 11.3. The fraction of sp³-hybridized carbons (Fsp3) is 0.0625. The monoisotopic (exact) mass is 284 g/mol. The van der Waals surface area contributed by atoms with Gasteiger partial charge < -0.3 is 15.0 Å². The van der Waals surface area contributed by atoms with Crippen molar-refractivity contribution in [3.05, 3.63) is 54.3 Å². The van der Waals surface area contributed by atoms with Gasteiger partial charge in [0.15, 0.2) is 0 Å². The Balaban J connectivity index is 2.25. The van der Waals surface area contributed by atoms with Gasteiger partial charge >= 0.3 is 0 Å². The predicted molar refractivity (Wildman–Crippen MR) is 78.3 cm³/mol. The number of hydrogen-bond donors (Lipinski definition) is 1. The highest BCUT2D eigenvalue weighted by atomic mass is 19.1. The average Bonchev–Trinajstić information content (AvgIpc) is 2.89. The summed E-state index contributed by atoms with van der Waals surface area (Å²) in [4.78, 5) is 0. The van der Waals surface area contributed by atoms with E-state index in [0.29, 0.717) is 28.1 Å². The minimum atomic E-state index is -0.386. The van der Waals surface area contributed by atoms with Crippen molar-refractivity contribution in [1.82, 2.24) is 5.16 Å². The fourth-order valence-corrected chi connectivity index (χ4v) is 2.25. The standard InChI is InChI=1S/C16H13FN2O2/c1-20-13-9-5-3-7-11(13)15-14(16(18)21-19-15)10-6-2-4-8-12(10)17/h2-9H,18H2,1H3. The second kappa shape index (κ2) is 5.28. The maximum atomic E-state index is 14.1. The molecule has 4 nitrogen and oxygen atoms in total. The van der Waals surface area contributed by atoms with Gasteiger partial charge in [0.2, 0.25) is 5.88 Å². The van der Waals surface area contributed by atoms with E-state index in [2.05, 4.69) is 5.16 Å². The van der Waals surface area contributed by atoms with Crippen LogP contribution in [0.4, 0.5) is 10.3 Å². The lowest BCUT2D eigenvalue weighted by molar-refractivity contribution is 0.414. The van der Waals surface area contributed by atoms with Crippen molar-refractivity contribution >= 4 is 5.88 Å². The Labute approximate surface area is 120 Å². The van der Waals surface area contributed by atoms with Crippen molar-refractivity contribution in [2.45, 2.75) is 0 Å². The van der Waals surface area contributed by atoms with Gasteiger partial charge in [0.1, 0.15) is 17.3 Å². The molecule has 0 aliphatic carbocycles. The van der Waals surface area contributed by atoms with Gasteiger partial charge in [-0.25, -0.2) is 4.39 Å². The van der Waals surface area contributed by atoms with Crippen LogP contribution >= 0.6 is 0 Å². The normalized spacial score (nSPS) is 10.6. The molecule has 0 aliphatic heterocycles. The maximum absolute atomic E-state index is 14.1. The lowest BCUT2D eigenvalue weighted by Crippen LogP contribution is -1.92. The number of benzene rings is 2. The van der Waals surface area contributed by atoms with Crippen LogP contribution in [-0.4, -0.2) is 12.3 Å². The SMILES string of the molecule is COc1ccccc1-c1noc(N)c1-c1ccccc1F. The van der Waals surface area contributed by atoms with Crippen molar-refractivity contribution in [2.75, 3.05) is 12.8 Å². The van der Waals surface area contributed by atoms with E-state index in [1.54, 1.807) is 31.4 Å². The number of halogens is 1. The summed E-state index contributed by atoms with van der Waals surface area (Å²) in [6.07, 6.45) is 0. The third kappa shape index (κ3) is 2.23. The molecule has 0 aliphatic rings. The molecule has 2 aromatic carbocycles. The van der Waals surface area contributed by atoms with Crippen LogP contribution in [0.5, 0.6) is 5.75 Å². The zero-order chi connectivity index (χ0) is 14.8. The highest BCUT2D eigenvalue weighted by Gasteiger charge is 2.21. The van der Waals surface area contributed by atoms with Gasteiger partial charge in [-0.05, 0) is 18.2 Å². The first-order valence-electron chi connectivity index (χ1n) is 6.36. The van der Waals surface area contributed by atoms with E-state index in [-0.39, 0.29) is 11.7 Å². The minimum Gasteiger partial charge on any atom is -0.496 e. The van der Waals surface area contributed by atoms with E-state index >= 15 is 0 Å². The van der Waals surface area contributed by atoms with Gasteiger partial charge in [0, 0.05) is 11.1 Å². The van der Waals surface area contributed by atoms with Crippen LogP contribution in [0.25, 0.3) is 22.4 Å². The summed E-state index contributed by atoms with van der Waals surface area (Å²) in [5.41, 5.74) is 7.75. The summed E-state index contributed by atoms with van der Waals surface area (Å²) < 4.78 is 24.4. The van der Waals surface area contributed by atoms with Crippen molar-refractivity contribution in [3.63, 3.8) is 0 Å².